The third kappa shape index (κ3) is 3.89. The van der Waals surface area contributed by atoms with Gasteiger partial charge in [0.1, 0.15) is 5.84 Å². The summed E-state index contributed by atoms with van der Waals surface area (Å²) >= 11 is 6.23. The minimum Gasteiger partial charge on any atom is -0.384 e. The molecule has 0 fully saturated rings. The van der Waals surface area contributed by atoms with E-state index in [0.29, 0.717) is 23.8 Å². The Labute approximate surface area is 113 Å². The lowest BCUT2D eigenvalue weighted by Crippen LogP contribution is -2.27. The molecule has 0 spiro atoms. The van der Waals surface area contributed by atoms with Crippen LogP contribution in [0.1, 0.15) is 19.4 Å². The number of amidine groups is 1. The van der Waals surface area contributed by atoms with Crippen LogP contribution in [-0.2, 0) is 4.74 Å². The highest BCUT2D eigenvalue weighted by Gasteiger charge is 2.10. The quantitative estimate of drug-likeness (QED) is 0.454. The second-order valence-corrected chi connectivity index (χ2v) is 4.26. The Bertz CT molecular complexity index is 409. The Hall–Kier alpha value is -1.26. The fourth-order valence-corrected chi connectivity index (χ4v) is 2.00. The van der Waals surface area contributed by atoms with Crippen molar-refractivity contribution in [3.05, 3.63) is 28.8 Å². The highest BCUT2D eigenvalue weighted by molar-refractivity contribution is 6.33. The van der Waals surface area contributed by atoms with Crippen molar-refractivity contribution in [1.29, 1.82) is 5.41 Å². The second kappa shape index (κ2) is 7.24. The van der Waals surface area contributed by atoms with E-state index in [9.17, 15) is 0 Å². The molecule has 3 N–H and O–H groups in total. The van der Waals surface area contributed by atoms with Crippen LogP contribution in [-0.4, -0.2) is 32.1 Å². The van der Waals surface area contributed by atoms with Gasteiger partial charge in [-0.05, 0) is 32.0 Å². The average molecular weight is 270 g/mol. The van der Waals surface area contributed by atoms with Crippen LogP contribution >= 0.6 is 11.6 Å². The van der Waals surface area contributed by atoms with Crippen molar-refractivity contribution in [2.75, 3.05) is 31.2 Å². The van der Waals surface area contributed by atoms with E-state index >= 15 is 0 Å². The van der Waals surface area contributed by atoms with Crippen molar-refractivity contribution in [2.45, 2.75) is 13.8 Å². The molecule has 0 aliphatic carbocycles. The molecule has 0 heterocycles. The highest BCUT2D eigenvalue weighted by Crippen LogP contribution is 2.26. The van der Waals surface area contributed by atoms with E-state index in [-0.39, 0.29) is 5.84 Å². The summed E-state index contributed by atoms with van der Waals surface area (Å²) in [6.45, 7) is 7.09. The molecule has 1 aromatic carbocycles. The zero-order valence-electron chi connectivity index (χ0n) is 10.9. The Balaban J connectivity index is 2.82. The van der Waals surface area contributed by atoms with Gasteiger partial charge in [-0.25, -0.2) is 0 Å². The smallest absolute Gasteiger partial charge is 0.122 e. The van der Waals surface area contributed by atoms with Crippen molar-refractivity contribution in [1.82, 2.24) is 0 Å². The Morgan fingerprint density at radius 1 is 1.44 bits per heavy atom. The van der Waals surface area contributed by atoms with E-state index in [0.717, 1.165) is 18.8 Å². The maximum absolute atomic E-state index is 7.38. The van der Waals surface area contributed by atoms with Gasteiger partial charge in [-0.3, -0.25) is 5.41 Å². The first-order chi connectivity index (χ1) is 8.60. The summed E-state index contributed by atoms with van der Waals surface area (Å²) in [4.78, 5) is 2.14. The number of hydrogen-bond donors (Lipinski definition) is 2. The Kier molecular flexibility index (Phi) is 5.95. The van der Waals surface area contributed by atoms with E-state index in [1.165, 1.54) is 0 Å². The van der Waals surface area contributed by atoms with Crippen molar-refractivity contribution in [3.8, 4) is 0 Å². The molecule has 0 aromatic heterocycles. The van der Waals surface area contributed by atoms with Gasteiger partial charge in [-0.2, -0.15) is 0 Å². The molecule has 0 saturated heterocycles. The standard InChI is InChI=1S/C13H20ClN3O/c1-3-17(7-8-18-4-2)12-6-5-10(13(15)16)9-11(12)14/h5-6,9H,3-4,7-8H2,1-2H3,(H3,15,16). The van der Waals surface area contributed by atoms with E-state index in [4.69, 9.17) is 27.5 Å². The molecule has 0 atom stereocenters. The van der Waals surface area contributed by atoms with Crippen LogP contribution in [0.2, 0.25) is 5.02 Å². The molecule has 5 heteroatoms. The fourth-order valence-electron chi connectivity index (χ4n) is 1.70. The number of likely N-dealkylation sites (N-methyl/N-ethyl adjacent to an activating group) is 1. The van der Waals surface area contributed by atoms with Crippen LogP contribution in [0.3, 0.4) is 0 Å². The van der Waals surface area contributed by atoms with Crippen molar-refractivity contribution < 1.29 is 4.74 Å². The van der Waals surface area contributed by atoms with Gasteiger partial charge >= 0.3 is 0 Å². The van der Waals surface area contributed by atoms with Crippen LogP contribution < -0.4 is 10.6 Å². The minimum atomic E-state index is 0.0285. The Morgan fingerprint density at radius 2 is 2.17 bits per heavy atom. The number of nitrogens with one attached hydrogen (secondary N) is 1. The summed E-state index contributed by atoms with van der Waals surface area (Å²) in [5.41, 5.74) is 7.02. The minimum absolute atomic E-state index is 0.0285. The third-order valence-electron chi connectivity index (χ3n) is 2.69. The lowest BCUT2D eigenvalue weighted by Gasteiger charge is -2.24. The summed E-state index contributed by atoms with van der Waals surface area (Å²) in [5.74, 6) is 0.0285. The maximum Gasteiger partial charge on any atom is 0.122 e. The lowest BCUT2D eigenvalue weighted by atomic mass is 10.2. The van der Waals surface area contributed by atoms with Crippen LogP contribution in [0.25, 0.3) is 0 Å². The van der Waals surface area contributed by atoms with E-state index in [2.05, 4.69) is 11.8 Å². The van der Waals surface area contributed by atoms with Gasteiger partial charge in [-0.15, -0.1) is 0 Å². The SMILES string of the molecule is CCOCCN(CC)c1ccc(C(=N)N)cc1Cl. The first-order valence-corrected chi connectivity index (χ1v) is 6.44. The number of benzene rings is 1. The molecule has 0 radical (unpaired) electrons. The van der Waals surface area contributed by atoms with E-state index < -0.39 is 0 Å². The van der Waals surface area contributed by atoms with Gasteiger partial charge in [0.15, 0.2) is 0 Å². The number of ether oxygens (including phenoxy) is 1. The molecule has 0 aliphatic rings. The first-order valence-electron chi connectivity index (χ1n) is 6.06. The van der Waals surface area contributed by atoms with Crippen molar-refractivity contribution in [3.63, 3.8) is 0 Å². The number of anilines is 1. The van der Waals surface area contributed by atoms with Gasteiger partial charge in [0.05, 0.1) is 17.3 Å². The molecule has 0 bridgehead atoms. The van der Waals surface area contributed by atoms with Crippen LogP contribution in [0.5, 0.6) is 0 Å². The topological polar surface area (TPSA) is 62.3 Å². The molecule has 0 aliphatic heterocycles. The molecular weight excluding hydrogens is 250 g/mol. The predicted molar refractivity (Wildman–Crippen MR) is 76.8 cm³/mol. The molecule has 0 saturated carbocycles. The summed E-state index contributed by atoms with van der Waals surface area (Å²) in [5, 5.41) is 7.99. The van der Waals surface area contributed by atoms with Gasteiger partial charge in [0.2, 0.25) is 0 Å². The van der Waals surface area contributed by atoms with Gasteiger partial charge in [0.25, 0.3) is 0 Å². The normalized spacial score (nSPS) is 10.4. The second-order valence-electron chi connectivity index (χ2n) is 3.86. The molecule has 100 valence electrons. The number of nitrogens with zero attached hydrogens (tertiary/aromatic N) is 1. The van der Waals surface area contributed by atoms with Crippen molar-refractivity contribution in [2.24, 2.45) is 5.73 Å². The van der Waals surface area contributed by atoms with Crippen molar-refractivity contribution >= 4 is 23.1 Å². The maximum atomic E-state index is 7.38. The van der Waals surface area contributed by atoms with Gasteiger partial charge in [0, 0.05) is 25.3 Å². The monoisotopic (exact) mass is 269 g/mol. The fraction of sp³-hybridized carbons (Fsp3) is 0.462. The summed E-state index contributed by atoms with van der Waals surface area (Å²) in [6, 6.07) is 5.43. The number of nitrogens with two attached hydrogens (primary N) is 1. The molecule has 18 heavy (non-hydrogen) atoms. The third-order valence-corrected chi connectivity index (χ3v) is 2.99. The summed E-state index contributed by atoms with van der Waals surface area (Å²) in [7, 11) is 0. The largest absolute Gasteiger partial charge is 0.384 e. The van der Waals surface area contributed by atoms with E-state index in [1.807, 2.05) is 19.1 Å². The number of hydrogen-bond acceptors (Lipinski definition) is 3. The average Bonchev–Trinajstić information content (AvgIpc) is 2.35. The molecule has 1 aromatic rings. The first kappa shape index (κ1) is 14.8. The molecule has 1 rings (SSSR count). The van der Waals surface area contributed by atoms with E-state index in [1.54, 1.807) is 6.07 Å². The zero-order valence-corrected chi connectivity index (χ0v) is 11.6. The van der Waals surface area contributed by atoms with Gasteiger partial charge in [-0.1, -0.05) is 11.6 Å². The number of rotatable bonds is 7. The number of nitrogen functional groups attached to an aromatic ring is 1. The Morgan fingerprint density at radius 3 is 2.67 bits per heavy atom. The lowest BCUT2D eigenvalue weighted by molar-refractivity contribution is 0.154. The van der Waals surface area contributed by atoms with Gasteiger partial charge < -0.3 is 15.4 Å². The summed E-state index contributed by atoms with van der Waals surface area (Å²) in [6.07, 6.45) is 0. The predicted octanol–water partition coefficient (Wildman–Crippen LogP) is 2.49. The summed E-state index contributed by atoms with van der Waals surface area (Å²) < 4.78 is 5.35. The molecule has 0 unspecified atom stereocenters. The van der Waals surface area contributed by atoms with Crippen LogP contribution in [0.4, 0.5) is 5.69 Å². The van der Waals surface area contributed by atoms with Crippen LogP contribution in [0, 0.1) is 5.41 Å². The highest BCUT2D eigenvalue weighted by atomic mass is 35.5. The molecular formula is C13H20ClN3O. The molecule has 4 nitrogen and oxygen atoms in total. The zero-order chi connectivity index (χ0) is 13.5. The van der Waals surface area contributed by atoms with Crippen LogP contribution in [0.15, 0.2) is 18.2 Å². The molecule has 0 amide bonds. The number of halogens is 1.